The van der Waals surface area contributed by atoms with Gasteiger partial charge < -0.3 is 15.4 Å². The second-order valence-corrected chi connectivity index (χ2v) is 5.67. The standard InChI is InChI=1S/C16H24F2N2O2.ClH/c1-11(2)13(19)8-9-20(3)15(21)10-12-6-4-5-7-14(12)22-16(17)18;/h4-7,11,13,16H,8-10,19H2,1-3H3;1H. The van der Waals surface area contributed by atoms with Crippen molar-refractivity contribution in [3.05, 3.63) is 29.8 Å². The van der Waals surface area contributed by atoms with Crippen LogP contribution in [-0.4, -0.2) is 37.1 Å². The fourth-order valence-corrected chi connectivity index (χ4v) is 1.96. The third kappa shape index (κ3) is 7.61. The lowest BCUT2D eigenvalue weighted by atomic mass is 10.0. The van der Waals surface area contributed by atoms with Crippen molar-refractivity contribution in [3.8, 4) is 5.75 Å². The minimum atomic E-state index is -2.90. The quantitative estimate of drug-likeness (QED) is 0.783. The van der Waals surface area contributed by atoms with E-state index in [1.165, 1.54) is 6.07 Å². The van der Waals surface area contributed by atoms with Crippen molar-refractivity contribution in [3.63, 3.8) is 0 Å². The first-order valence-corrected chi connectivity index (χ1v) is 7.33. The summed E-state index contributed by atoms with van der Waals surface area (Å²) in [5.74, 6) is 0.239. The maximum atomic E-state index is 12.4. The zero-order valence-corrected chi connectivity index (χ0v) is 14.5. The molecule has 0 heterocycles. The van der Waals surface area contributed by atoms with Gasteiger partial charge in [0.2, 0.25) is 5.91 Å². The molecule has 0 aliphatic carbocycles. The number of hydrogen-bond donors (Lipinski definition) is 1. The number of likely N-dealkylation sites (N-methyl/N-ethyl adjacent to an activating group) is 1. The molecule has 132 valence electrons. The van der Waals surface area contributed by atoms with Crippen LogP contribution in [0.4, 0.5) is 8.78 Å². The van der Waals surface area contributed by atoms with E-state index in [0.717, 1.165) is 0 Å². The fraction of sp³-hybridized carbons (Fsp3) is 0.562. The summed E-state index contributed by atoms with van der Waals surface area (Å²) >= 11 is 0. The Morgan fingerprint density at radius 2 is 1.91 bits per heavy atom. The third-order valence-corrected chi connectivity index (χ3v) is 3.61. The first-order chi connectivity index (χ1) is 10.3. The van der Waals surface area contributed by atoms with Crippen LogP contribution in [0.15, 0.2) is 24.3 Å². The summed E-state index contributed by atoms with van der Waals surface area (Å²) < 4.78 is 29.1. The van der Waals surface area contributed by atoms with E-state index in [1.54, 1.807) is 30.1 Å². The summed E-state index contributed by atoms with van der Waals surface area (Å²) in [5.41, 5.74) is 6.41. The molecule has 0 saturated carbocycles. The predicted molar refractivity (Wildman–Crippen MR) is 89.1 cm³/mol. The molecule has 0 aliphatic heterocycles. The molecule has 0 fully saturated rings. The topological polar surface area (TPSA) is 55.6 Å². The number of halogens is 3. The average Bonchev–Trinajstić information content (AvgIpc) is 2.45. The summed E-state index contributed by atoms with van der Waals surface area (Å²) in [5, 5.41) is 0. The number of nitrogens with two attached hydrogens (primary N) is 1. The van der Waals surface area contributed by atoms with Gasteiger partial charge in [0.15, 0.2) is 0 Å². The molecular formula is C16H25ClF2N2O2. The van der Waals surface area contributed by atoms with Crippen molar-refractivity contribution >= 4 is 18.3 Å². The van der Waals surface area contributed by atoms with Crippen LogP contribution < -0.4 is 10.5 Å². The van der Waals surface area contributed by atoms with Crippen molar-refractivity contribution in [2.75, 3.05) is 13.6 Å². The Kier molecular flexibility index (Phi) is 9.76. The molecule has 4 nitrogen and oxygen atoms in total. The lowest BCUT2D eigenvalue weighted by Crippen LogP contribution is -2.35. The molecule has 1 rings (SSSR count). The first kappa shape index (κ1) is 21.6. The number of carbonyl (C=O) groups excluding carboxylic acids is 1. The molecule has 1 aromatic carbocycles. The maximum absolute atomic E-state index is 12.4. The van der Waals surface area contributed by atoms with E-state index >= 15 is 0 Å². The summed E-state index contributed by atoms with van der Waals surface area (Å²) in [6.07, 6.45) is 0.728. The number of hydrogen-bond acceptors (Lipinski definition) is 3. The van der Waals surface area contributed by atoms with E-state index in [-0.39, 0.29) is 36.5 Å². The summed E-state index contributed by atoms with van der Waals surface area (Å²) in [7, 11) is 1.69. The summed E-state index contributed by atoms with van der Waals surface area (Å²) in [6.45, 7) is 1.70. The van der Waals surface area contributed by atoms with Crippen molar-refractivity contribution in [1.29, 1.82) is 0 Å². The molecule has 1 aromatic rings. The smallest absolute Gasteiger partial charge is 0.387 e. The molecule has 0 spiro atoms. The molecule has 0 radical (unpaired) electrons. The second-order valence-electron chi connectivity index (χ2n) is 5.67. The first-order valence-electron chi connectivity index (χ1n) is 7.33. The van der Waals surface area contributed by atoms with Crippen LogP contribution in [0.5, 0.6) is 5.75 Å². The third-order valence-electron chi connectivity index (χ3n) is 3.61. The molecule has 0 bridgehead atoms. The van der Waals surface area contributed by atoms with E-state index in [2.05, 4.69) is 4.74 Å². The van der Waals surface area contributed by atoms with Gasteiger partial charge in [0.1, 0.15) is 5.75 Å². The highest BCUT2D eigenvalue weighted by molar-refractivity contribution is 5.85. The Morgan fingerprint density at radius 3 is 2.48 bits per heavy atom. The molecule has 0 aliphatic rings. The lowest BCUT2D eigenvalue weighted by molar-refractivity contribution is -0.129. The summed E-state index contributed by atoms with van der Waals surface area (Å²) in [4.78, 5) is 13.7. The molecular weight excluding hydrogens is 326 g/mol. The normalized spacial score (nSPS) is 12.0. The highest BCUT2D eigenvalue weighted by Gasteiger charge is 2.16. The van der Waals surface area contributed by atoms with Gasteiger partial charge in [-0.05, 0) is 18.4 Å². The Bertz CT molecular complexity index is 487. The summed E-state index contributed by atoms with van der Waals surface area (Å²) in [6, 6.07) is 6.36. The van der Waals surface area contributed by atoms with Gasteiger partial charge in [-0.15, -0.1) is 12.4 Å². The number of amides is 1. The average molecular weight is 351 g/mol. The zero-order chi connectivity index (χ0) is 16.7. The van der Waals surface area contributed by atoms with Crippen molar-refractivity contribution < 1.29 is 18.3 Å². The number of alkyl halides is 2. The van der Waals surface area contributed by atoms with Crippen LogP contribution in [-0.2, 0) is 11.2 Å². The molecule has 0 aromatic heterocycles. The van der Waals surface area contributed by atoms with Crippen LogP contribution in [0.2, 0.25) is 0 Å². The fourth-order valence-electron chi connectivity index (χ4n) is 1.96. The van der Waals surface area contributed by atoms with E-state index < -0.39 is 6.61 Å². The van der Waals surface area contributed by atoms with Gasteiger partial charge in [-0.3, -0.25) is 4.79 Å². The Morgan fingerprint density at radius 1 is 1.30 bits per heavy atom. The number of para-hydroxylation sites is 1. The lowest BCUT2D eigenvalue weighted by Gasteiger charge is -2.22. The monoisotopic (exact) mass is 350 g/mol. The van der Waals surface area contributed by atoms with Crippen LogP contribution in [0.25, 0.3) is 0 Å². The molecule has 0 saturated heterocycles. The largest absolute Gasteiger partial charge is 0.435 e. The number of nitrogens with zero attached hydrogens (tertiary/aromatic N) is 1. The number of rotatable bonds is 8. The SMILES string of the molecule is CC(C)C(N)CCN(C)C(=O)Cc1ccccc1OC(F)F.Cl. The highest BCUT2D eigenvalue weighted by atomic mass is 35.5. The molecule has 1 atom stereocenters. The molecule has 1 unspecified atom stereocenters. The van der Waals surface area contributed by atoms with Crippen LogP contribution in [0.3, 0.4) is 0 Å². The Balaban J connectivity index is 0.00000484. The van der Waals surface area contributed by atoms with Gasteiger partial charge in [-0.25, -0.2) is 0 Å². The second kappa shape index (κ2) is 10.4. The van der Waals surface area contributed by atoms with Gasteiger partial charge in [0.05, 0.1) is 6.42 Å². The number of benzene rings is 1. The maximum Gasteiger partial charge on any atom is 0.387 e. The minimum Gasteiger partial charge on any atom is -0.435 e. The van der Waals surface area contributed by atoms with Crippen LogP contribution in [0, 0.1) is 5.92 Å². The molecule has 2 N–H and O–H groups in total. The van der Waals surface area contributed by atoms with Gasteiger partial charge in [0.25, 0.3) is 0 Å². The number of ether oxygens (including phenoxy) is 1. The van der Waals surface area contributed by atoms with E-state index in [4.69, 9.17) is 5.73 Å². The molecule has 23 heavy (non-hydrogen) atoms. The Hall–Kier alpha value is -1.40. The van der Waals surface area contributed by atoms with E-state index in [1.807, 2.05) is 13.8 Å². The van der Waals surface area contributed by atoms with Crippen molar-refractivity contribution in [1.82, 2.24) is 4.90 Å². The van der Waals surface area contributed by atoms with Gasteiger partial charge in [-0.1, -0.05) is 32.0 Å². The molecule has 7 heteroatoms. The van der Waals surface area contributed by atoms with Gasteiger partial charge in [0, 0.05) is 25.2 Å². The minimum absolute atomic E-state index is 0. The number of carbonyl (C=O) groups is 1. The molecule has 1 amide bonds. The van der Waals surface area contributed by atoms with Crippen LogP contribution >= 0.6 is 12.4 Å². The van der Waals surface area contributed by atoms with Crippen LogP contribution in [0.1, 0.15) is 25.8 Å². The van der Waals surface area contributed by atoms with E-state index in [9.17, 15) is 13.6 Å². The van der Waals surface area contributed by atoms with E-state index in [0.29, 0.717) is 24.4 Å². The Labute approximate surface area is 142 Å². The van der Waals surface area contributed by atoms with Crippen molar-refractivity contribution in [2.24, 2.45) is 11.7 Å². The zero-order valence-electron chi connectivity index (χ0n) is 13.7. The predicted octanol–water partition coefficient (Wildman–Crippen LogP) is 3.08. The van der Waals surface area contributed by atoms with Gasteiger partial charge >= 0.3 is 6.61 Å². The highest BCUT2D eigenvalue weighted by Crippen LogP contribution is 2.21. The van der Waals surface area contributed by atoms with Crippen molar-refractivity contribution in [2.45, 2.75) is 39.3 Å². The van der Waals surface area contributed by atoms with Gasteiger partial charge in [-0.2, -0.15) is 8.78 Å².